The Morgan fingerprint density at radius 3 is 2.76 bits per heavy atom. The average Bonchev–Trinajstić information content (AvgIpc) is 2.65. The highest BCUT2D eigenvalue weighted by atomic mass is 19.4. The Morgan fingerprint density at radius 2 is 2.18 bits per heavy atom. The van der Waals surface area contributed by atoms with Crippen LogP contribution in [0.3, 0.4) is 0 Å². The zero-order chi connectivity index (χ0) is 12.9. The Bertz CT molecular complexity index is 302. The molecule has 0 aromatic heterocycles. The van der Waals surface area contributed by atoms with Crippen molar-refractivity contribution in [1.29, 1.82) is 0 Å². The van der Waals surface area contributed by atoms with Crippen molar-refractivity contribution in [2.24, 2.45) is 5.10 Å². The van der Waals surface area contributed by atoms with Crippen LogP contribution in [0.4, 0.5) is 13.2 Å². The number of hydrazone groups is 1. The Kier molecular flexibility index (Phi) is 4.77. The number of amides is 1. The van der Waals surface area contributed by atoms with Gasteiger partial charge in [0.25, 0.3) is 0 Å². The van der Waals surface area contributed by atoms with Crippen LogP contribution >= 0.6 is 0 Å². The van der Waals surface area contributed by atoms with Crippen molar-refractivity contribution in [2.45, 2.75) is 38.8 Å². The van der Waals surface area contributed by atoms with E-state index in [9.17, 15) is 18.0 Å². The van der Waals surface area contributed by atoms with Gasteiger partial charge in [0.15, 0.2) is 0 Å². The standard InChI is InChI=1S/C10H16F3N3O/c1-2-3-4-6-16-7-5-8(15-16)14-9(17)10(11,12)13/h2-7H2,1H3,(H,14,15,17). The molecule has 0 aromatic carbocycles. The van der Waals surface area contributed by atoms with Gasteiger partial charge < -0.3 is 5.32 Å². The molecule has 0 bridgehead atoms. The maximum Gasteiger partial charge on any atom is 0.471 e. The molecule has 1 aliphatic heterocycles. The van der Waals surface area contributed by atoms with Crippen molar-refractivity contribution >= 4 is 11.7 Å². The molecule has 0 spiro atoms. The van der Waals surface area contributed by atoms with Crippen molar-refractivity contribution in [3.63, 3.8) is 0 Å². The first kappa shape index (κ1) is 13.8. The lowest BCUT2D eigenvalue weighted by Gasteiger charge is -2.12. The normalized spacial score (nSPS) is 16.0. The van der Waals surface area contributed by atoms with Gasteiger partial charge in [0.2, 0.25) is 0 Å². The van der Waals surface area contributed by atoms with Crippen LogP contribution in [0.1, 0.15) is 32.6 Å². The van der Waals surface area contributed by atoms with Crippen LogP contribution in [0.15, 0.2) is 5.10 Å². The summed E-state index contributed by atoms with van der Waals surface area (Å²) in [5, 5.41) is 7.41. The first-order chi connectivity index (χ1) is 7.93. The fourth-order valence-electron chi connectivity index (χ4n) is 1.50. The van der Waals surface area contributed by atoms with Gasteiger partial charge in [-0.1, -0.05) is 19.8 Å². The van der Waals surface area contributed by atoms with E-state index in [0.29, 0.717) is 13.0 Å². The predicted molar refractivity (Wildman–Crippen MR) is 57.3 cm³/mol. The summed E-state index contributed by atoms with van der Waals surface area (Å²) in [5.74, 6) is -1.85. The number of carbonyl (C=O) groups is 1. The topological polar surface area (TPSA) is 44.7 Å². The van der Waals surface area contributed by atoms with Gasteiger partial charge in [-0.15, -0.1) is 0 Å². The van der Waals surface area contributed by atoms with Crippen molar-refractivity contribution in [3.8, 4) is 0 Å². The molecule has 0 saturated carbocycles. The van der Waals surface area contributed by atoms with Crippen molar-refractivity contribution in [1.82, 2.24) is 10.3 Å². The Hall–Kier alpha value is -1.27. The van der Waals surface area contributed by atoms with E-state index in [2.05, 4.69) is 12.0 Å². The number of unbranched alkanes of at least 4 members (excludes halogenated alkanes) is 2. The smallest absolute Gasteiger partial charge is 0.305 e. The van der Waals surface area contributed by atoms with E-state index in [1.807, 2.05) is 0 Å². The Balaban J connectivity index is 2.36. The van der Waals surface area contributed by atoms with Crippen LogP contribution in [-0.4, -0.2) is 36.0 Å². The molecule has 1 amide bonds. The summed E-state index contributed by atoms with van der Waals surface area (Å²) < 4.78 is 35.9. The average molecular weight is 251 g/mol. The van der Waals surface area contributed by atoms with Crippen LogP contribution in [-0.2, 0) is 4.79 Å². The molecular formula is C10H16F3N3O. The molecule has 0 aromatic rings. The van der Waals surface area contributed by atoms with E-state index in [1.54, 1.807) is 10.3 Å². The van der Waals surface area contributed by atoms with E-state index in [0.717, 1.165) is 25.8 Å². The first-order valence-corrected chi connectivity index (χ1v) is 5.64. The zero-order valence-corrected chi connectivity index (χ0v) is 9.68. The molecule has 1 heterocycles. The lowest BCUT2D eigenvalue weighted by atomic mass is 10.2. The highest BCUT2D eigenvalue weighted by Crippen LogP contribution is 2.15. The molecule has 17 heavy (non-hydrogen) atoms. The molecule has 0 atom stereocenters. The number of hydrogen-bond donors (Lipinski definition) is 1. The third-order valence-corrected chi connectivity index (χ3v) is 2.40. The molecule has 0 fully saturated rings. The number of nitrogens with one attached hydrogen (secondary N) is 1. The minimum atomic E-state index is -4.85. The van der Waals surface area contributed by atoms with Gasteiger partial charge in [-0.3, -0.25) is 9.80 Å². The summed E-state index contributed by atoms with van der Waals surface area (Å²) in [4.78, 5) is 10.7. The van der Waals surface area contributed by atoms with Crippen molar-refractivity contribution in [2.75, 3.05) is 13.1 Å². The van der Waals surface area contributed by atoms with E-state index >= 15 is 0 Å². The molecule has 7 heteroatoms. The van der Waals surface area contributed by atoms with E-state index in [4.69, 9.17) is 0 Å². The summed E-state index contributed by atoms with van der Waals surface area (Å²) in [6.07, 6.45) is -1.39. The summed E-state index contributed by atoms with van der Waals surface area (Å²) in [5.41, 5.74) is 0. The SMILES string of the molecule is CCCCCN1CCC(NC(=O)C(F)(F)F)=N1. The molecule has 1 N–H and O–H groups in total. The quantitative estimate of drug-likeness (QED) is 0.775. The monoisotopic (exact) mass is 251 g/mol. The van der Waals surface area contributed by atoms with E-state index < -0.39 is 12.1 Å². The fraction of sp³-hybridized carbons (Fsp3) is 0.800. The van der Waals surface area contributed by atoms with Gasteiger partial charge >= 0.3 is 12.1 Å². The number of halogens is 3. The number of alkyl halides is 3. The van der Waals surface area contributed by atoms with Gasteiger partial charge in [-0.05, 0) is 6.42 Å². The molecule has 0 aliphatic carbocycles. The number of amidine groups is 1. The minimum absolute atomic E-state index is 0.101. The molecule has 98 valence electrons. The van der Waals surface area contributed by atoms with Gasteiger partial charge in [-0.25, -0.2) is 0 Å². The van der Waals surface area contributed by atoms with Crippen LogP contribution in [0.25, 0.3) is 0 Å². The van der Waals surface area contributed by atoms with Crippen LogP contribution in [0.2, 0.25) is 0 Å². The number of rotatable bonds is 4. The first-order valence-electron chi connectivity index (χ1n) is 5.64. The van der Waals surface area contributed by atoms with Crippen molar-refractivity contribution in [3.05, 3.63) is 0 Å². The molecule has 0 saturated heterocycles. The summed E-state index contributed by atoms with van der Waals surface area (Å²) >= 11 is 0. The number of hydrogen-bond acceptors (Lipinski definition) is 3. The second kappa shape index (κ2) is 5.88. The maximum atomic E-state index is 12.0. The second-order valence-electron chi connectivity index (χ2n) is 3.91. The maximum absolute atomic E-state index is 12.0. The van der Waals surface area contributed by atoms with Gasteiger partial charge in [0.05, 0.1) is 0 Å². The molecule has 1 rings (SSSR count). The summed E-state index contributed by atoms with van der Waals surface area (Å²) in [7, 11) is 0. The van der Waals surface area contributed by atoms with Crippen LogP contribution in [0.5, 0.6) is 0 Å². The zero-order valence-electron chi connectivity index (χ0n) is 9.68. The molecular weight excluding hydrogens is 235 g/mol. The van der Waals surface area contributed by atoms with E-state index in [-0.39, 0.29) is 5.84 Å². The molecule has 1 aliphatic rings. The van der Waals surface area contributed by atoms with Crippen molar-refractivity contribution < 1.29 is 18.0 Å². The number of carbonyl (C=O) groups excluding carboxylic acids is 1. The van der Waals surface area contributed by atoms with Gasteiger partial charge in [-0.2, -0.15) is 18.3 Å². The Labute approximate surface area is 97.9 Å². The third kappa shape index (κ3) is 4.62. The molecule has 0 radical (unpaired) electrons. The Morgan fingerprint density at radius 1 is 1.47 bits per heavy atom. The lowest BCUT2D eigenvalue weighted by Crippen LogP contribution is -2.40. The summed E-state index contributed by atoms with van der Waals surface area (Å²) in [6.45, 7) is 3.36. The highest BCUT2D eigenvalue weighted by Gasteiger charge is 2.39. The fourth-order valence-corrected chi connectivity index (χ4v) is 1.50. The minimum Gasteiger partial charge on any atom is -0.305 e. The largest absolute Gasteiger partial charge is 0.471 e. The summed E-state index contributed by atoms with van der Waals surface area (Å²) in [6, 6.07) is 0. The second-order valence-corrected chi connectivity index (χ2v) is 3.91. The lowest BCUT2D eigenvalue weighted by molar-refractivity contribution is -0.171. The van der Waals surface area contributed by atoms with Gasteiger partial charge in [0, 0.05) is 19.5 Å². The third-order valence-electron chi connectivity index (χ3n) is 2.40. The molecule has 0 unspecified atom stereocenters. The highest BCUT2D eigenvalue weighted by molar-refractivity contribution is 6.00. The molecule has 4 nitrogen and oxygen atoms in total. The van der Waals surface area contributed by atoms with Crippen LogP contribution < -0.4 is 5.32 Å². The van der Waals surface area contributed by atoms with Gasteiger partial charge in [0.1, 0.15) is 5.84 Å². The van der Waals surface area contributed by atoms with E-state index in [1.165, 1.54) is 0 Å². The number of nitrogens with zero attached hydrogens (tertiary/aromatic N) is 2. The van der Waals surface area contributed by atoms with Crippen LogP contribution in [0, 0.1) is 0 Å². The predicted octanol–water partition coefficient (Wildman–Crippen LogP) is 1.87.